The van der Waals surface area contributed by atoms with E-state index in [1.54, 1.807) is 25.7 Å². The number of pyridine rings is 2. The first kappa shape index (κ1) is 45.6. The van der Waals surface area contributed by atoms with E-state index in [0.717, 1.165) is 63.5 Å². The molecule has 0 saturated carbocycles. The number of hydrogen-bond acceptors (Lipinski definition) is 14. The normalized spacial score (nSPS) is 14.8. The fourth-order valence-corrected chi connectivity index (χ4v) is 8.41. The molecule has 0 radical (unpaired) electrons. The van der Waals surface area contributed by atoms with E-state index in [9.17, 15) is 8.78 Å². The third kappa shape index (κ3) is 10.2. The predicted molar refractivity (Wildman–Crippen MR) is 263 cm³/mol. The highest BCUT2D eigenvalue weighted by molar-refractivity contribution is 5.87. The van der Waals surface area contributed by atoms with Crippen molar-refractivity contribution in [3.63, 3.8) is 0 Å². The largest absolute Gasteiger partial charge is 0.382 e. The van der Waals surface area contributed by atoms with E-state index < -0.39 is 11.6 Å². The number of piperazine rings is 2. The molecule has 8 aromatic rings. The first-order chi connectivity index (χ1) is 32.8. The molecule has 2 N–H and O–H groups in total. The summed E-state index contributed by atoms with van der Waals surface area (Å²) in [6.07, 6.45) is 7.24. The van der Waals surface area contributed by atoms with Gasteiger partial charge >= 0.3 is 0 Å². The number of imidazole rings is 2. The van der Waals surface area contributed by atoms with Crippen molar-refractivity contribution >= 4 is 51.7 Å². The lowest BCUT2D eigenvalue weighted by Gasteiger charge is -2.34. The maximum absolute atomic E-state index is 14.1. The van der Waals surface area contributed by atoms with Crippen molar-refractivity contribution in [2.24, 2.45) is 4.99 Å². The Hall–Kier alpha value is -7.51. The SMILES string of the molecule is Cc1nc(N)c2nc(-c3cncc(F)c3)n(Cc3ccc(N4CCN(C)CC4)cc3)c2n1.Cc1nc(N=CN(C)C)c2nc(-c3cncc(F)c3)n(Cc3ccc(N4CCN(C)CC4)cc3)c2n1. The second kappa shape index (κ2) is 19.8. The Labute approximate surface area is 393 Å². The zero-order valence-electron chi connectivity index (χ0n) is 39.2. The van der Waals surface area contributed by atoms with Gasteiger partial charge in [0.2, 0.25) is 0 Å². The number of nitrogen functional groups attached to an aromatic ring is 1. The molecule has 350 valence electrons. The molecule has 0 unspecified atom stereocenters. The molecule has 2 aromatic carbocycles. The Balaban J connectivity index is 0.000000171. The van der Waals surface area contributed by atoms with Crippen LogP contribution in [0.4, 0.5) is 31.8 Å². The highest BCUT2D eigenvalue weighted by Gasteiger charge is 2.22. The van der Waals surface area contributed by atoms with Crippen molar-refractivity contribution < 1.29 is 8.78 Å². The standard InChI is InChI=1S/C26H30FN9.C23H25FN8/c1-18-30-24(29-17-33(2)3)23-26(31-18)36(25(32-23)20-13-21(27)15-28-14-20)16-19-5-7-22(8-6-19)35-11-9-34(4)10-12-35;1-15-27-21(25)20-23(28-15)32(22(29-20)17-11-18(24)13-26-12-17)14-16-3-5-19(6-4-16)31-9-7-30(2)8-10-31/h5-8,13-15,17H,9-12,16H2,1-4H3;3-6,11-13H,7-10,14H2,1-2H3,(H2,25,27,28). The summed E-state index contributed by atoms with van der Waals surface area (Å²) in [6, 6.07) is 20.0. The first-order valence-electron chi connectivity index (χ1n) is 22.6. The molecule has 19 heteroatoms. The third-order valence-corrected chi connectivity index (χ3v) is 12.0. The summed E-state index contributed by atoms with van der Waals surface area (Å²) in [5, 5.41) is 0. The Morgan fingerprint density at radius 3 is 1.49 bits per heavy atom. The van der Waals surface area contributed by atoms with E-state index >= 15 is 0 Å². The zero-order chi connectivity index (χ0) is 47.5. The Bertz CT molecular complexity index is 3060. The number of anilines is 3. The van der Waals surface area contributed by atoms with Crippen LogP contribution in [0.2, 0.25) is 0 Å². The monoisotopic (exact) mass is 919 g/mol. The molecule has 0 aliphatic carbocycles. The Morgan fingerprint density at radius 2 is 1.03 bits per heavy atom. The van der Waals surface area contributed by atoms with Crippen LogP contribution >= 0.6 is 0 Å². The van der Waals surface area contributed by atoms with E-state index in [0.29, 0.717) is 81.5 Å². The number of nitrogens with zero attached hydrogens (tertiary/aromatic N) is 16. The summed E-state index contributed by atoms with van der Waals surface area (Å²) in [7, 11) is 8.09. The summed E-state index contributed by atoms with van der Waals surface area (Å²) in [6.45, 7) is 13.0. The molecule has 2 aliphatic rings. The van der Waals surface area contributed by atoms with E-state index in [1.807, 2.05) is 35.1 Å². The van der Waals surface area contributed by atoms with Gasteiger partial charge in [0.25, 0.3) is 0 Å². The van der Waals surface area contributed by atoms with Crippen LogP contribution < -0.4 is 15.5 Å². The summed E-state index contributed by atoms with van der Waals surface area (Å²) >= 11 is 0. The zero-order valence-corrected chi connectivity index (χ0v) is 39.2. The van der Waals surface area contributed by atoms with Gasteiger partial charge < -0.3 is 39.4 Å². The van der Waals surface area contributed by atoms with E-state index in [4.69, 9.17) is 15.7 Å². The van der Waals surface area contributed by atoms with Crippen molar-refractivity contribution in [3.8, 4) is 22.8 Å². The molecule has 2 fully saturated rings. The van der Waals surface area contributed by atoms with Gasteiger partial charge in [-0.25, -0.2) is 43.7 Å². The van der Waals surface area contributed by atoms with Crippen LogP contribution in [0.25, 0.3) is 45.1 Å². The summed E-state index contributed by atoms with van der Waals surface area (Å²) in [5.41, 5.74) is 14.2. The van der Waals surface area contributed by atoms with Crippen LogP contribution in [0, 0.1) is 25.5 Å². The second-order valence-electron chi connectivity index (χ2n) is 17.5. The molecule has 0 atom stereocenters. The lowest BCUT2D eigenvalue weighted by atomic mass is 10.1. The molecular formula is C49H55F2N17. The molecule has 6 aromatic heterocycles. The number of likely N-dealkylation sites (N-methyl/N-ethyl adjacent to an activating group) is 2. The van der Waals surface area contributed by atoms with Crippen LogP contribution in [0.1, 0.15) is 22.8 Å². The maximum Gasteiger partial charge on any atom is 0.185 e. The van der Waals surface area contributed by atoms with E-state index in [2.05, 4.69) is 117 Å². The number of rotatable bonds is 10. The van der Waals surface area contributed by atoms with Gasteiger partial charge in [-0.15, -0.1) is 0 Å². The topological polar surface area (TPSA) is 168 Å². The molecule has 68 heavy (non-hydrogen) atoms. The smallest absolute Gasteiger partial charge is 0.185 e. The lowest BCUT2D eigenvalue weighted by Crippen LogP contribution is -2.44. The van der Waals surface area contributed by atoms with Gasteiger partial charge in [-0.3, -0.25) is 9.97 Å². The minimum atomic E-state index is -0.423. The van der Waals surface area contributed by atoms with Crippen LogP contribution in [0.3, 0.4) is 0 Å². The molecule has 8 heterocycles. The lowest BCUT2D eigenvalue weighted by molar-refractivity contribution is 0.313. The molecule has 0 amide bonds. The van der Waals surface area contributed by atoms with Crippen LogP contribution in [-0.2, 0) is 13.1 Å². The molecule has 17 nitrogen and oxygen atoms in total. The van der Waals surface area contributed by atoms with Crippen molar-refractivity contribution in [2.45, 2.75) is 26.9 Å². The van der Waals surface area contributed by atoms with Gasteiger partial charge in [-0.2, -0.15) is 0 Å². The quantitative estimate of drug-likeness (QED) is 0.124. The van der Waals surface area contributed by atoms with Gasteiger partial charge in [0.1, 0.15) is 34.9 Å². The highest BCUT2D eigenvalue weighted by Crippen LogP contribution is 2.31. The Kier molecular flexibility index (Phi) is 13.3. The van der Waals surface area contributed by atoms with E-state index in [-0.39, 0.29) is 0 Å². The van der Waals surface area contributed by atoms with Crippen molar-refractivity contribution in [1.29, 1.82) is 0 Å². The highest BCUT2D eigenvalue weighted by atomic mass is 19.1. The molecular weight excluding hydrogens is 865 g/mol. The minimum absolute atomic E-state index is 0.308. The average Bonchev–Trinajstić information content (AvgIpc) is 3.87. The van der Waals surface area contributed by atoms with Gasteiger partial charge in [-0.05, 0) is 75.5 Å². The number of hydrogen-bond donors (Lipinski definition) is 1. The fourth-order valence-electron chi connectivity index (χ4n) is 8.41. The molecule has 10 rings (SSSR count). The van der Waals surface area contributed by atoms with Crippen LogP contribution in [0.15, 0.2) is 90.4 Å². The van der Waals surface area contributed by atoms with Crippen molar-refractivity contribution in [3.05, 3.63) is 120 Å². The number of aliphatic imine (C=N–C) groups is 1. The number of fused-ring (bicyclic) bond motifs is 2. The maximum atomic E-state index is 14.1. The summed E-state index contributed by atoms with van der Waals surface area (Å²) < 4.78 is 31.9. The number of aromatic nitrogens is 10. The van der Waals surface area contributed by atoms with Crippen molar-refractivity contribution in [1.82, 2.24) is 63.7 Å². The third-order valence-electron chi connectivity index (χ3n) is 12.0. The van der Waals surface area contributed by atoms with Crippen LogP contribution in [0.5, 0.6) is 0 Å². The number of halogens is 2. The average molecular weight is 920 g/mol. The number of nitrogens with two attached hydrogens (primary N) is 1. The van der Waals surface area contributed by atoms with Gasteiger partial charge in [-0.1, -0.05) is 24.3 Å². The molecule has 2 aliphatic heterocycles. The van der Waals surface area contributed by atoms with Gasteiger partial charge in [0.05, 0.1) is 31.8 Å². The molecule has 0 bridgehead atoms. The Morgan fingerprint density at radius 1 is 0.588 bits per heavy atom. The number of benzene rings is 2. The minimum Gasteiger partial charge on any atom is -0.382 e. The first-order valence-corrected chi connectivity index (χ1v) is 22.6. The predicted octanol–water partition coefficient (Wildman–Crippen LogP) is 6.08. The van der Waals surface area contributed by atoms with Gasteiger partial charge in [0, 0.05) is 101 Å². The van der Waals surface area contributed by atoms with Gasteiger partial charge in [0.15, 0.2) is 34.0 Å². The fraction of sp³-hybridized carbons (Fsp3) is 0.327. The van der Waals surface area contributed by atoms with Crippen molar-refractivity contribution in [2.75, 3.05) is 96.1 Å². The second-order valence-corrected chi connectivity index (χ2v) is 17.5. The molecule has 2 saturated heterocycles. The van der Waals surface area contributed by atoms with Crippen LogP contribution in [-0.4, -0.2) is 151 Å². The number of aryl methyl sites for hydroxylation is 2. The molecule has 0 spiro atoms. The summed E-state index contributed by atoms with van der Waals surface area (Å²) in [5.74, 6) is 2.21. The van der Waals surface area contributed by atoms with E-state index in [1.165, 1.54) is 35.9 Å². The summed E-state index contributed by atoms with van der Waals surface area (Å²) in [4.78, 5) is 51.4.